The third-order valence-electron chi connectivity index (χ3n) is 3.17. The second kappa shape index (κ2) is 6.58. The molecule has 5 nitrogen and oxygen atoms in total. The highest BCUT2D eigenvalue weighted by molar-refractivity contribution is 5.60. The van der Waals surface area contributed by atoms with E-state index in [1.165, 1.54) is 0 Å². The van der Waals surface area contributed by atoms with Gasteiger partial charge < -0.3 is 10.6 Å². The molecule has 0 spiro atoms. The molecule has 0 saturated heterocycles. The topological polar surface area (TPSA) is 73.6 Å². The van der Waals surface area contributed by atoms with Crippen LogP contribution in [0.2, 0.25) is 0 Å². The van der Waals surface area contributed by atoms with Gasteiger partial charge in [0.15, 0.2) is 0 Å². The van der Waals surface area contributed by atoms with Crippen LogP contribution in [0.3, 0.4) is 0 Å². The Kier molecular flexibility index (Phi) is 4.16. The summed E-state index contributed by atoms with van der Waals surface area (Å²) in [4.78, 5) is 8.85. The average Bonchev–Trinajstić information content (AvgIpc) is 2.56. The molecule has 0 amide bonds. The Bertz CT molecular complexity index is 836. The van der Waals surface area contributed by atoms with Crippen molar-refractivity contribution in [2.24, 2.45) is 0 Å². The number of benzene rings is 2. The van der Waals surface area contributed by atoms with Gasteiger partial charge in [0.05, 0.1) is 11.6 Å². The van der Waals surface area contributed by atoms with E-state index in [4.69, 9.17) is 5.26 Å². The highest BCUT2D eigenvalue weighted by Crippen LogP contribution is 2.19. The van der Waals surface area contributed by atoms with Crippen molar-refractivity contribution >= 4 is 23.1 Å². The third-order valence-corrected chi connectivity index (χ3v) is 3.17. The van der Waals surface area contributed by atoms with E-state index in [1.807, 2.05) is 55.5 Å². The van der Waals surface area contributed by atoms with Gasteiger partial charge in [-0.1, -0.05) is 18.2 Å². The van der Waals surface area contributed by atoms with Crippen molar-refractivity contribution in [2.75, 3.05) is 10.6 Å². The van der Waals surface area contributed by atoms with E-state index in [0.29, 0.717) is 11.5 Å². The summed E-state index contributed by atoms with van der Waals surface area (Å²) < 4.78 is 0. The molecule has 1 heterocycles. The van der Waals surface area contributed by atoms with E-state index in [9.17, 15) is 0 Å². The first-order valence-corrected chi connectivity index (χ1v) is 7.18. The van der Waals surface area contributed by atoms with Crippen molar-refractivity contribution in [3.8, 4) is 6.07 Å². The van der Waals surface area contributed by atoms with Crippen LogP contribution in [-0.4, -0.2) is 9.97 Å². The van der Waals surface area contributed by atoms with E-state index < -0.39 is 0 Å². The van der Waals surface area contributed by atoms with Gasteiger partial charge in [-0.3, -0.25) is 0 Å². The van der Waals surface area contributed by atoms with Crippen LogP contribution in [0.1, 0.15) is 11.3 Å². The lowest BCUT2D eigenvalue weighted by molar-refractivity contribution is 1.11. The zero-order chi connectivity index (χ0) is 16.1. The molecular weight excluding hydrogens is 286 g/mol. The van der Waals surface area contributed by atoms with Gasteiger partial charge in [-0.05, 0) is 43.3 Å². The molecule has 0 radical (unpaired) electrons. The predicted molar refractivity (Wildman–Crippen MR) is 90.9 cm³/mol. The van der Waals surface area contributed by atoms with Crippen molar-refractivity contribution < 1.29 is 0 Å². The van der Waals surface area contributed by atoms with Crippen LogP contribution in [0.15, 0.2) is 60.7 Å². The Morgan fingerprint density at radius 3 is 2.26 bits per heavy atom. The first kappa shape index (κ1) is 14.5. The van der Waals surface area contributed by atoms with Gasteiger partial charge in [0.2, 0.25) is 5.95 Å². The largest absolute Gasteiger partial charge is 0.340 e. The number of nitriles is 1. The standard InChI is InChI=1S/C18H15N5/c1-13-11-17(21-15-5-3-2-4-6-15)23-18(20-13)22-16-9-7-14(12-19)8-10-16/h2-11H,1H3,(H2,20,21,22,23). The lowest BCUT2D eigenvalue weighted by Crippen LogP contribution is -2.02. The highest BCUT2D eigenvalue weighted by Gasteiger charge is 2.03. The normalized spacial score (nSPS) is 9.91. The Morgan fingerprint density at radius 2 is 1.57 bits per heavy atom. The summed E-state index contributed by atoms with van der Waals surface area (Å²) in [6.45, 7) is 1.92. The molecule has 1 aromatic heterocycles. The number of nitrogens with zero attached hydrogens (tertiary/aromatic N) is 3. The van der Waals surface area contributed by atoms with Gasteiger partial charge in [0, 0.05) is 23.1 Å². The first-order valence-electron chi connectivity index (χ1n) is 7.18. The second-order valence-electron chi connectivity index (χ2n) is 5.02. The summed E-state index contributed by atoms with van der Waals surface area (Å²) in [6.07, 6.45) is 0. The molecule has 3 aromatic rings. The fraction of sp³-hybridized carbons (Fsp3) is 0.0556. The molecule has 5 heteroatoms. The first-order chi connectivity index (χ1) is 11.2. The number of rotatable bonds is 4. The minimum Gasteiger partial charge on any atom is -0.340 e. The lowest BCUT2D eigenvalue weighted by Gasteiger charge is -2.10. The fourth-order valence-corrected chi connectivity index (χ4v) is 2.12. The summed E-state index contributed by atoms with van der Waals surface area (Å²) >= 11 is 0. The minimum absolute atomic E-state index is 0.508. The quantitative estimate of drug-likeness (QED) is 0.757. The molecule has 0 saturated carbocycles. The molecule has 3 rings (SSSR count). The molecule has 0 fully saturated rings. The zero-order valence-electron chi connectivity index (χ0n) is 12.6. The molecule has 0 aliphatic carbocycles. The van der Waals surface area contributed by atoms with Crippen LogP contribution in [0, 0.1) is 18.3 Å². The lowest BCUT2D eigenvalue weighted by atomic mass is 10.2. The maximum atomic E-state index is 8.83. The molecule has 2 aromatic carbocycles. The molecule has 0 aliphatic rings. The monoisotopic (exact) mass is 301 g/mol. The van der Waals surface area contributed by atoms with E-state index in [0.717, 1.165) is 22.9 Å². The Labute approximate surface area is 134 Å². The number of aryl methyl sites for hydroxylation is 1. The molecule has 0 aliphatic heterocycles. The summed E-state index contributed by atoms with van der Waals surface area (Å²) in [5.74, 6) is 1.23. The van der Waals surface area contributed by atoms with Gasteiger partial charge >= 0.3 is 0 Å². The summed E-state index contributed by atoms with van der Waals surface area (Å²) in [5.41, 5.74) is 3.27. The number of nitrogens with one attached hydrogen (secondary N) is 2. The van der Waals surface area contributed by atoms with Crippen molar-refractivity contribution in [3.05, 3.63) is 71.9 Å². The van der Waals surface area contributed by atoms with Crippen LogP contribution in [0.25, 0.3) is 0 Å². The number of hydrogen-bond donors (Lipinski definition) is 2. The fourth-order valence-electron chi connectivity index (χ4n) is 2.12. The Balaban J connectivity index is 1.81. The summed E-state index contributed by atoms with van der Waals surface area (Å²) in [5, 5.41) is 15.2. The Hall–Kier alpha value is -3.39. The van der Waals surface area contributed by atoms with Crippen molar-refractivity contribution in [2.45, 2.75) is 6.92 Å². The number of anilines is 4. The number of para-hydroxylation sites is 1. The maximum absolute atomic E-state index is 8.83. The van der Waals surface area contributed by atoms with Crippen LogP contribution in [0.4, 0.5) is 23.1 Å². The molecule has 23 heavy (non-hydrogen) atoms. The van der Waals surface area contributed by atoms with E-state index in [2.05, 4.69) is 26.7 Å². The smallest absolute Gasteiger partial charge is 0.229 e. The maximum Gasteiger partial charge on any atom is 0.229 e. The van der Waals surface area contributed by atoms with Crippen LogP contribution in [0.5, 0.6) is 0 Å². The van der Waals surface area contributed by atoms with Gasteiger partial charge in [-0.25, -0.2) is 4.98 Å². The molecule has 0 unspecified atom stereocenters. The molecule has 2 N–H and O–H groups in total. The average molecular weight is 301 g/mol. The van der Waals surface area contributed by atoms with Crippen molar-refractivity contribution in [1.82, 2.24) is 9.97 Å². The van der Waals surface area contributed by atoms with Crippen molar-refractivity contribution in [1.29, 1.82) is 5.26 Å². The molecule has 0 atom stereocenters. The van der Waals surface area contributed by atoms with Gasteiger partial charge in [-0.2, -0.15) is 10.2 Å². The minimum atomic E-state index is 0.508. The van der Waals surface area contributed by atoms with Crippen LogP contribution in [-0.2, 0) is 0 Å². The summed E-state index contributed by atoms with van der Waals surface area (Å²) in [7, 11) is 0. The van der Waals surface area contributed by atoms with Gasteiger partial charge in [-0.15, -0.1) is 0 Å². The van der Waals surface area contributed by atoms with Crippen LogP contribution < -0.4 is 10.6 Å². The molecule has 112 valence electrons. The van der Waals surface area contributed by atoms with Gasteiger partial charge in [0.25, 0.3) is 0 Å². The summed E-state index contributed by atoms with van der Waals surface area (Å²) in [6, 6.07) is 21.0. The van der Waals surface area contributed by atoms with Crippen molar-refractivity contribution in [3.63, 3.8) is 0 Å². The number of aromatic nitrogens is 2. The SMILES string of the molecule is Cc1cc(Nc2ccccc2)nc(Nc2ccc(C#N)cc2)n1. The van der Waals surface area contributed by atoms with E-state index >= 15 is 0 Å². The van der Waals surface area contributed by atoms with E-state index in [-0.39, 0.29) is 0 Å². The number of hydrogen-bond acceptors (Lipinski definition) is 5. The Morgan fingerprint density at radius 1 is 0.870 bits per heavy atom. The predicted octanol–water partition coefficient (Wildman–Crippen LogP) is 4.14. The zero-order valence-corrected chi connectivity index (χ0v) is 12.6. The second-order valence-corrected chi connectivity index (χ2v) is 5.02. The highest BCUT2D eigenvalue weighted by atomic mass is 15.1. The van der Waals surface area contributed by atoms with E-state index in [1.54, 1.807) is 12.1 Å². The van der Waals surface area contributed by atoms with Crippen LogP contribution >= 0.6 is 0 Å². The molecule has 0 bridgehead atoms. The third kappa shape index (κ3) is 3.83. The van der Waals surface area contributed by atoms with Gasteiger partial charge in [0.1, 0.15) is 5.82 Å². The molecular formula is C18H15N5.